The fraction of sp³-hybridized carbons (Fsp3) is 0.263. The zero-order valence-corrected chi connectivity index (χ0v) is 49.1. The van der Waals surface area contributed by atoms with Crippen molar-refractivity contribution in [1.29, 1.82) is 0 Å². The Morgan fingerprint density at radius 2 is 0.847 bits per heavy atom. The quantitative estimate of drug-likeness (QED) is 0.0938. The van der Waals surface area contributed by atoms with E-state index < -0.39 is 0 Å². The standard InChI is InChI=1S/C17H21.C16H19.2C5H5.14CH3.2Hf/c1-2-3-4-6-13-9-10-16-11-14-7-5-8-15(14)12-17(13)16;1-16(2,3)15-8-7-13-9-11-5-4-6-12(11)10-14(13)15;2*1-2-4-5-3-1;;;;;;;;;;;;;;;;/h9-12H,2-8H2,1H3;7-10H,4-6H2,1-3H3;2*1-5H;14*1H3;;/q18*-1;;. The van der Waals surface area contributed by atoms with Crippen molar-refractivity contribution in [3.63, 3.8) is 0 Å². The molecule has 6 aromatic rings. The first-order chi connectivity index (χ1) is 20.9. The van der Waals surface area contributed by atoms with Crippen LogP contribution in [-0.4, -0.2) is 0 Å². The van der Waals surface area contributed by atoms with Gasteiger partial charge in [0.1, 0.15) is 0 Å². The van der Waals surface area contributed by atoms with Gasteiger partial charge in [0, 0.05) is 51.7 Å². The molecule has 0 fully saturated rings. The largest absolute Gasteiger partial charge is 0.358 e. The third-order valence-corrected chi connectivity index (χ3v) is 9.03. The molecule has 0 heterocycles. The predicted octanol–water partition coefficient (Wildman–Crippen LogP) is 18.2. The fourth-order valence-electron chi connectivity index (χ4n) is 6.70. The summed E-state index contributed by atoms with van der Waals surface area (Å²) in [5.41, 5.74) is 9.71. The molecule has 59 heavy (non-hydrogen) atoms. The van der Waals surface area contributed by atoms with Crippen LogP contribution in [0, 0.1) is 104 Å². The van der Waals surface area contributed by atoms with E-state index >= 15 is 0 Å². The molecule has 0 atom stereocenters. The van der Waals surface area contributed by atoms with E-state index in [1.165, 1.54) is 91.3 Å². The zero-order chi connectivity index (χ0) is 30.1. The average Bonchev–Trinajstić information content (AvgIpc) is 3.84. The Labute approximate surface area is 413 Å². The van der Waals surface area contributed by atoms with Gasteiger partial charge in [-0.3, -0.25) is 0 Å². The summed E-state index contributed by atoms with van der Waals surface area (Å²) >= 11 is 0. The van der Waals surface area contributed by atoms with Gasteiger partial charge >= 0.3 is 0 Å². The van der Waals surface area contributed by atoms with Crippen molar-refractivity contribution in [1.82, 2.24) is 0 Å². The van der Waals surface area contributed by atoms with Gasteiger partial charge in [-0.1, -0.05) is 75.6 Å². The molecule has 0 saturated carbocycles. The summed E-state index contributed by atoms with van der Waals surface area (Å²) in [5.74, 6) is 0. The molecule has 0 aromatic heterocycles. The van der Waals surface area contributed by atoms with Crippen LogP contribution in [0.15, 0.2) is 109 Å². The van der Waals surface area contributed by atoms with Gasteiger partial charge in [0.25, 0.3) is 0 Å². The summed E-state index contributed by atoms with van der Waals surface area (Å²) in [7, 11) is 0. The second-order valence-corrected chi connectivity index (χ2v) is 13.4. The number of fused-ring (bicyclic) bond motifs is 4. The maximum absolute atomic E-state index is 2.47. The first-order valence-electron chi connectivity index (χ1n) is 16.7. The topological polar surface area (TPSA) is 0 Å². The SMILES string of the molecule is CC(C)(C)[c-]1ccc2cc3c(cc21)CCC3.CCCCC[c-]1ccc2cc3c(cc21)CCC3.[CH3-].[CH3-].[CH3-].[CH3-].[CH3-].[CH3-].[CH3-].[CH3-].[CH3-].[CH3-].[CH3-].[CH3-].[CH3-].[CH3-].[Hf].[Hf].c1cc[cH-]c1.c1cc[cH-]c1. The molecule has 346 valence electrons. The van der Waals surface area contributed by atoms with Crippen molar-refractivity contribution in [3.05, 3.63) is 247 Å². The number of benzene rings is 2. The summed E-state index contributed by atoms with van der Waals surface area (Å²) in [4.78, 5) is 0. The van der Waals surface area contributed by atoms with Gasteiger partial charge in [0.05, 0.1) is 0 Å². The van der Waals surface area contributed by atoms with E-state index in [0.717, 1.165) is 0 Å². The molecule has 0 radical (unpaired) electrons. The normalized spacial score (nSPS) is 9.76. The number of unbranched alkanes of at least 4 members (excludes halogenated alkanes) is 2. The third-order valence-electron chi connectivity index (χ3n) is 9.03. The van der Waals surface area contributed by atoms with Crippen molar-refractivity contribution in [3.8, 4) is 0 Å². The Morgan fingerprint density at radius 3 is 1.20 bits per heavy atom. The Kier molecular flexibility index (Phi) is 66.1. The number of hydrogen-bond donors (Lipinski definition) is 0. The van der Waals surface area contributed by atoms with Crippen LogP contribution in [0.3, 0.4) is 0 Å². The molecule has 0 amide bonds. The van der Waals surface area contributed by atoms with Crippen molar-refractivity contribution in [2.24, 2.45) is 0 Å². The third kappa shape index (κ3) is 25.0. The zero-order valence-electron chi connectivity index (χ0n) is 42.0. The van der Waals surface area contributed by atoms with E-state index in [1.54, 1.807) is 27.8 Å². The predicted molar refractivity (Wildman–Crippen MR) is 279 cm³/mol. The van der Waals surface area contributed by atoms with Gasteiger partial charge < -0.3 is 104 Å². The van der Waals surface area contributed by atoms with Gasteiger partial charge in [0.15, 0.2) is 0 Å². The molecule has 2 aliphatic rings. The molecule has 0 saturated heterocycles. The number of aryl methyl sites for hydroxylation is 5. The van der Waals surface area contributed by atoms with Crippen LogP contribution in [-0.2, 0) is 89.2 Å². The molecular formula is C57H92Hf2-18. The van der Waals surface area contributed by atoms with E-state index in [0.29, 0.717) is 0 Å². The minimum Gasteiger partial charge on any atom is -0.358 e. The summed E-state index contributed by atoms with van der Waals surface area (Å²) in [6, 6.07) is 39.0. The summed E-state index contributed by atoms with van der Waals surface area (Å²) in [6.45, 7) is 9.18. The summed E-state index contributed by atoms with van der Waals surface area (Å²) in [6.07, 6.45) is 13.1. The maximum Gasteiger partial charge on any atom is 0 e. The van der Waals surface area contributed by atoms with E-state index in [4.69, 9.17) is 0 Å². The smallest absolute Gasteiger partial charge is 0 e. The molecule has 0 spiro atoms. The van der Waals surface area contributed by atoms with Crippen LogP contribution < -0.4 is 0 Å². The second-order valence-electron chi connectivity index (χ2n) is 13.4. The van der Waals surface area contributed by atoms with Crippen LogP contribution in [0.4, 0.5) is 0 Å². The molecule has 8 rings (SSSR count). The van der Waals surface area contributed by atoms with Gasteiger partial charge in [0.2, 0.25) is 0 Å². The molecule has 6 aromatic carbocycles. The molecule has 0 unspecified atom stereocenters. The average molecular weight is 1130 g/mol. The number of rotatable bonds is 4. The first-order valence-corrected chi connectivity index (χ1v) is 16.7. The van der Waals surface area contributed by atoms with Crippen molar-refractivity contribution in [2.75, 3.05) is 0 Å². The maximum atomic E-state index is 2.47. The van der Waals surface area contributed by atoms with Gasteiger partial charge in [-0.05, 0) is 43.9 Å². The molecule has 0 nitrogen and oxygen atoms in total. The van der Waals surface area contributed by atoms with Gasteiger partial charge in [-0.2, -0.15) is 48.5 Å². The van der Waals surface area contributed by atoms with E-state index in [1.807, 2.05) is 60.7 Å². The monoisotopic (exact) mass is 1140 g/mol. The van der Waals surface area contributed by atoms with E-state index in [-0.39, 0.29) is 161 Å². The Hall–Kier alpha value is -1.90. The fourth-order valence-corrected chi connectivity index (χ4v) is 6.70. The molecule has 0 bridgehead atoms. The van der Waals surface area contributed by atoms with Crippen LogP contribution >= 0.6 is 0 Å². The molecular weight excluding hydrogens is 1040 g/mol. The van der Waals surface area contributed by atoms with E-state index in [2.05, 4.69) is 76.2 Å². The first kappa shape index (κ1) is 88.4. The van der Waals surface area contributed by atoms with Gasteiger partial charge in [-0.25, -0.2) is 24.3 Å². The van der Waals surface area contributed by atoms with Crippen LogP contribution in [0.1, 0.15) is 93.2 Å². The second kappa shape index (κ2) is 44.2. The van der Waals surface area contributed by atoms with Crippen LogP contribution in [0.5, 0.6) is 0 Å². The van der Waals surface area contributed by atoms with Crippen molar-refractivity contribution < 1.29 is 51.7 Å². The molecule has 0 N–H and O–H groups in total. The molecule has 2 aliphatic carbocycles. The minimum atomic E-state index is 0. The minimum absolute atomic E-state index is 0. The Bertz CT molecular complexity index is 1590. The van der Waals surface area contributed by atoms with E-state index in [9.17, 15) is 0 Å². The number of hydrogen-bond acceptors (Lipinski definition) is 0. The van der Waals surface area contributed by atoms with Crippen molar-refractivity contribution >= 4 is 21.5 Å². The molecule has 2 heteroatoms. The summed E-state index contributed by atoms with van der Waals surface area (Å²) in [5, 5.41) is 5.91. The van der Waals surface area contributed by atoms with Crippen molar-refractivity contribution in [2.45, 2.75) is 97.3 Å². The Balaban J connectivity index is -0.0000000496. The van der Waals surface area contributed by atoms with Crippen LogP contribution in [0.2, 0.25) is 0 Å². The summed E-state index contributed by atoms with van der Waals surface area (Å²) < 4.78 is 0. The van der Waals surface area contributed by atoms with Crippen LogP contribution in [0.25, 0.3) is 21.5 Å². The Morgan fingerprint density at radius 1 is 0.492 bits per heavy atom. The molecule has 0 aliphatic heterocycles. The van der Waals surface area contributed by atoms with Gasteiger partial charge in [-0.15, -0.1) is 69.1 Å².